The monoisotopic (exact) mass is 322 g/mol. The van der Waals surface area contributed by atoms with E-state index in [1.807, 2.05) is 30.3 Å². The van der Waals surface area contributed by atoms with Crippen LogP contribution in [0.1, 0.15) is 36.3 Å². The molecule has 1 saturated carbocycles. The summed E-state index contributed by atoms with van der Waals surface area (Å²) in [6.45, 7) is 0.535. The summed E-state index contributed by atoms with van der Waals surface area (Å²) in [5.41, 5.74) is 2.79. The van der Waals surface area contributed by atoms with E-state index in [0.717, 1.165) is 32.9 Å². The number of Topliss-reactive ketones (excluding diaryl/α,β-unsaturated/α-hetero) is 2. The van der Waals surface area contributed by atoms with Gasteiger partial charge in [-0.25, -0.2) is 0 Å². The molecule has 1 aliphatic rings. The molecule has 0 bridgehead atoms. The Balaban J connectivity index is 1.93. The van der Waals surface area contributed by atoms with E-state index < -0.39 is 0 Å². The molecule has 0 N–H and O–H groups in total. The maximum absolute atomic E-state index is 12.4. The average molecular weight is 322 g/mol. The summed E-state index contributed by atoms with van der Waals surface area (Å²) in [6.07, 6.45) is 2.76. The lowest BCUT2D eigenvalue weighted by molar-refractivity contribution is -0.130. The van der Waals surface area contributed by atoms with Gasteiger partial charge in [-0.2, -0.15) is 0 Å². The van der Waals surface area contributed by atoms with E-state index in [0.29, 0.717) is 19.4 Å². The molecule has 4 heteroatoms. The van der Waals surface area contributed by atoms with E-state index in [4.69, 9.17) is 9.15 Å². The first-order valence-electron chi connectivity index (χ1n) is 8.14. The van der Waals surface area contributed by atoms with E-state index >= 15 is 0 Å². The first-order chi connectivity index (χ1) is 11.7. The Bertz CT molecular complexity index is 951. The Morgan fingerprint density at radius 3 is 2.83 bits per heavy atom. The molecule has 1 heterocycles. The highest BCUT2D eigenvalue weighted by Crippen LogP contribution is 2.38. The number of hydrogen-bond acceptors (Lipinski definition) is 4. The van der Waals surface area contributed by atoms with Crippen LogP contribution in [0.3, 0.4) is 0 Å². The molecule has 122 valence electrons. The number of fused-ring (bicyclic) bond motifs is 3. The van der Waals surface area contributed by atoms with Gasteiger partial charge in [-0.3, -0.25) is 9.59 Å². The quantitative estimate of drug-likeness (QED) is 0.680. The van der Waals surface area contributed by atoms with Crippen molar-refractivity contribution in [2.24, 2.45) is 0 Å². The van der Waals surface area contributed by atoms with E-state index in [1.165, 1.54) is 0 Å². The molecule has 0 spiro atoms. The van der Waals surface area contributed by atoms with Gasteiger partial charge in [0.25, 0.3) is 0 Å². The molecule has 0 radical (unpaired) electrons. The average Bonchev–Trinajstić information content (AvgIpc) is 3.00. The second-order valence-corrected chi connectivity index (χ2v) is 6.35. The van der Waals surface area contributed by atoms with Crippen LogP contribution in [0.2, 0.25) is 0 Å². The Labute approximate surface area is 139 Å². The third-order valence-corrected chi connectivity index (χ3v) is 4.86. The van der Waals surface area contributed by atoms with Gasteiger partial charge in [0.15, 0.2) is 0 Å². The number of carbonyl (C=O) groups excluding carboxylic acids is 2. The van der Waals surface area contributed by atoms with Crippen LogP contribution in [0.25, 0.3) is 21.7 Å². The molecular weight excluding hydrogens is 304 g/mol. The van der Waals surface area contributed by atoms with Crippen molar-refractivity contribution in [3.8, 4) is 0 Å². The van der Waals surface area contributed by atoms with E-state index in [9.17, 15) is 9.59 Å². The molecule has 0 saturated heterocycles. The van der Waals surface area contributed by atoms with Gasteiger partial charge in [0.1, 0.15) is 17.1 Å². The summed E-state index contributed by atoms with van der Waals surface area (Å²) < 4.78 is 11.0. The molecular formula is C20H18O4. The highest BCUT2D eigenvalue weighted by Gasteiger charge is 2.31. The van der Waals surface area contributed by atoms with Crippen LogP contribution >= 0.6 is 0 Å². The van der Waals surface area contributed by atoms with E-state index in [1.54, 1.807) is 13.4 Å². The van der Waals surface area contributed by atoms with Gasteiger partial charge in [0.2, 0.25) is 0 Å². The Morgan fingerprint density at radius 2 is 2.04 bits per heavy atom. The number of hydrogen-bond donors (Lipinski definition) is 0. The molecule has 0 aliphatic heterocycles. The molecule has 4 nitrogen and oxygen atoms in total. The Morgan fingerprint density at radius 1 is 1.17 bits per heavy atom. The van der Waals surface area contributed by atoms with Crippen molar-refractivity contribution in [2.45, 2.75) is 31.8 Å². The molecule has 0 amide bonds. The minimum absolute atomic E-state index is 0.000927. The molecule has 2 aromatic carbocycles. The molecule has 1 aromatic heterocycles. The van der Waals surface area contributed by atoms with E-state index in [2.05, 4.69) is 0 Å². The van der Waals surface area contributed by atoms with Crippen LogP contribution in [0.15, 0.2) is 41.0 Å². The van der Waals surface area contributed by atoms with Gasteiger partial charge in [0, 0.05) is 30.4 Å². The number of furan rings is 1. The van der Waals surface area contributed by atoms with Gasteiger partial charge in [-0.05, 0) is 28.8 Å². The van der Waals surface area contributed by atoms with E-state index in [-0.39, 0.29) is 23.9 Å². The zero-order valence-electron chi connectivity index (χ0n) is 13.5. The normalized spacial score (nSPS) is 18.6. The first-order valence-corrected chi connectivity index (χ1v) is 8.14. The van der Waals surface area contributed by atoms with Gasteiger partial charge < -0.3 is 9.15 Å². The molecule has 0 unspecified atom stereocenters. The van der Waals surface area contributed by atoms with Crippen molar-refractivity contribution in [3.05, 3.63) is 47.7 Å². The van der Waals surface area contributed by atoms with Crippen LogP contribution in [-0.2, 0) is 20.9 Å². The van der Waals surface area contributed by atoms with Crippen molar-refractivity contribution in [2.75, 3.05) is 7.11 Å². The molecule has 4 rings (SSSR count). The smallest absolute Gasteiger partial charge is 0.147 e. The lowest BCUT2D eigenvalue weighted by Gasteiger charge is -2.19. The fourth-order valence-electron chi connectivity index (χ4n) is 3.72. The van der Waals surface area contributed by atoms with Crippen molar-refractivity contribution in [3.63, 3.8) is 0 Å². The zero-order chi connectivity index (χ0) is 16.7. The lowest BCUT2D eigenvalue weighted by atomic mass is 9.81. The summed E-state index contributed by atoms with van der Waals surface area (Å²) in [6, 6.07) is 10.1. The van der Waals surface area contributed by atoms with Crippen molar-refractivity contribution >= 4 is 33.3 Å². The summed E-state index contributed by atoms with van der Waals surface area (Å²) in [5.74, 6) is -0.212. The first kappa shape index (κ1) is 15.1. The second kappa shape index (κ2) is 5.87. The molecule has 1 atom stereocenters. The van der Waals surface area contributed by atoms with Crippen LogP contribution in [0, 0.1) is 0 Å². The van der Waals surface area contributed by atoms with Gasteiger partial charge in [-0.1, -0.05) is 24.3 Å². The number of benzene rings is 2. The minimum atomic E-state index is -0.249. The lowest BCUT2D eigenvalue weighted by Crippen LogP contribution is -2.23. The second-order valence-electron chi connectivity index (χ2n) is 6.35. The third-order valence-electron chi connectivity index (χ3n) is 4.86. The minimum Gasteiger partial charge on any atom is -0.464 e. The molecule has 3 aromatic rings. The Kier molecular flexibility index (Phi) is 3.69. The van der Waals surface area contributed by atoms with Gasteiger partial charge in [0.05, 0.1) is 19.3 Å². The topological polar surface area (TPSA) is 56.5 Å². The van der Waals surface area contributed by atoms with Crippen LogP contribution < -0.4 is 0 Å². The van der Waals surface area contributed by atoms with Crippen molar-refractivity contribution in [1.82, 2.24) is 0 Å². The zero-order valence-corrected chi connectivity index (χ0v) is 13.5. The number of ether oxygens (including phenoxy) is 1. The standard InChI is InChI=1S/C20H18O4/c1-23-10-12-3-2-4-16-14(12)7-8-19-20(16)17(11-24-19)15-6-5-13(21)9-18(15)22/h2-4,7-8,11,15H,5-6,9-10H2,1H3/t15-/m1/s1. The van der Waals surface area contributed by atoms with Gasteiger partial charge in [-0.15, -0.1) is 0 Å². The summed E-state index contributed by atoms with van der Waals surface area (Å²) in [4.78, 5) is 23.9. The fraction of sp³-hybridized carbons (Fsp3) is 0.300. The number of rotatable bonds is 3. The van der Waals surface area contributed by atoms with Crippen LogP contribution in [0.4, 0.5) is 0 Å². The van der Waals surface area contributed by atoms with Crippen LogP contribution in [-0.4, -0.2) is 18.7 Å². The summed E-state index contributed by atoms with van der Waals surface area (Å²) >= 11 is 0. The highest BCUT2D eigenvalue weighted by atomic mass is 16.5. The fourth-order valence-corrected chi connectivity index (χ4v) is 3.72. The predicted molar refractivity (Wildman–Crippen MR) is 91.0 cm³/mol. The third kappa shape index (κ3) is 2.34. The van der Waals surface area contributed by atoms with Crippen molar-refractivity contribution in [1.29, 1.82) is 0 Å². The molecule has 1 fully saturated rings. The predicted octanol–water partition coefficient (Wildman–Crippen LogP) is 4.14. The maximum atomic E-state index is 12.4. The maximum Gasteiger partial charge on any atom is 0.147 e. The molecule has 1 aliphatic carbocycles. The number of ketones is 2. The van der Waals surface area contributed by atoms with Crippen LogP contribution in [0.5, 0.6) is 0 Å². The largest absolute Gasteiger partial charge is 0.464 e. The van der Waals surface area contributed by atoms with Crippen molar-refractivity contribution < 1.29 is 18.7 Å². The van der Waals surface area contributed by atoms with Gasteiger partial charge >= 0.3 is 0 Å². The Hall–Kier alpha value is -2.46. The SMILES string of the molecule is COCc1cccc2c1ccc1occ([C@H]3CCC(=O)CC3=O)c12. The number of carbonyl (C=O) groups is 2. The summed E-state index contributed by atoms with van der Waals surface area (Å²) in [5, 5.41) is 3.16. The highest BCUT2D eigenvalue weighted by molar-refractivity contribution is 6.12. The summed E-state index contributed by atoms with van der Waals surface area (Å²) in [7, 11) is 1.68. The molecule has 24 heavy (non-hydrogen) atoms. The number of methoxy groups -OCH3 is 1.